The lowest BCUT2D eigenvalue weighted by molar-refractivity contribution is -0.206. The third kappa shape index (κ3) is 3.26. The van der Waals surface area contributed by atoms with Crippen molar-refractivity contribution in [3.05, 3.63) is 0 Å². The summed E-state index contributed by atoms with van der Waals surface area (Å²) < 4.78 is 0. The molecule has 6 heteroatoms. The first kappa shape index (κ1) is 21.3. The van der Waals surface area contributed by atoms with Crippen molar-refractivity contribution >= 4 is 11.5 Å². The van der Waals surface area contributed by atoms with Crippen molar-refractivity contribution in [1.29, 1.82) is 0 Å². The minimum Gasteiger partial charge on any atom is -0.394 e. The van der Waals surface area contributed by atoms with Gasteiger partial charge in [0.15, 0.2) is 0 Å². The van der Waals surface area contributed by atoms with E-state index in [4.69, 9.17) is 4.84 Å². The molecule has 4 rings (SSSR count). The maximum atomic E-state index is 12.6. The van der Waals surface area contributed by atoms with Gasteiger partial charge in [-0.05, 0) is 75.2 Å². The lowest BCUT2D eigenvalue weighted by atomic mass is 9.42. The Hall–Kier alpha value is -0.980. The first-order chi connectivity index (χ1) is 13.8. The Labute approximate surface area is 174 Å². The molecule has 0 spiro atoms. The summed E-state index contributed by atoms with van der Waals surface area (Å²) in [5.41, 5.74) is -0.349. The number of oxime groups is 1. The van der Waals surface area contributed by atoms with Crippen LogP contribution >= 0.6 is 0 Å². The molecule has 4 fully saturated rings. The number of aliphatic hydroxyl groups is 2. The van der Waals surface area contributed by atoms with Gasteiger partial charge in [-0.2, -0.15) is 0 Å². The zero-order chi connectivity index (χ0) is 20.9. The van der Waals surface area contributed by atoms with Crippen molar-refractivity contribution in [3.63, 3.8) is 0 Å². The van der Waals surface area contributed by atoms with Gasteiger partial charge in [-0.25, -0.2) is 0 Å². The van der Waals surface area contributed by atoms with E-state index in [1.54, 1.807) is 0 Å². The van der Waals surface area contributed by atoms with E-state index in [-0.39, 0.29) is 23.4 Å². The van der Waals surface area contributed by atoms with Crippen LogP contribution in [0.4, 0.5) is 0 Å². The SMILES string of the molecule is CNCCON=C1CC[C@@]2(C)C(C1)[C@@](O)(CO)C[C@@H]1[C@@H]2CC[C@]2(C)C(=O)CC[C@@H]12. The topological polar surface area (TPSA) is 91.2 Å². The first-order valence-electron chi connectivity index (χ1n) is 11.5. The molecule has 0 saturated heterocycles. The second-order valence-corrected chi connectivity index (χ2v) is 10.6. The maximum Gasteiger partial charge on any atom is 0.139 e. The van der Waals surface area contributed by atoms with Gasteiger partial charge in [0.1, 0.15) is 12.4 Å². The van der Waals surface area contributed by atoms with Gasteiger partial charge in [0, 0.05) is 24.3 Å². The second kappa shape index (κ2) is 7.61. The molecular weight excluding hydrogens is 368 g/mol. The van der Waals surface area contributed by atoms with Crippen LogP contribution in [0, 0.1) is 34.5 Å². The number of Topliss-reactive ketones (excluding diaryl/α,β-unsaturated/α-hetero) is 1. The number of carbonyl (C=O) groups excluding carboxylic acids is 1. The van der Waals surface area contributed by atoms with E-state index in [0.29, 0.717) is 49.4 Å². The highest BCUT2D eigenvalue weighted by atomic mass is 16.6. The Morgan fingerprint density at radius 2 is 2.00 bits per heavy atom. The summed E-state index contributed by atoms with van der Waals surface area (Å²) in [6.45, 7) is 5.55. The van der Waals surface area contributed by atoms with E-state index in [2.05, 4.69) is 24.3 Å². The van der Waals surface area contributed by atoms with Crippen LogP contribution in [0.25, 0.3) is 0 Å². The number of hydrogen-bond acceptors (Lipinski definition) is 6. The molecule has 0 amide bonds. The van der Waals surface area contributed by atoms with Crippen molar-refractivity contribution in [2.75, 3.05) is 26.8 Å². The standard InChI is InChI=1S/C23H38N2O4/c1-21-8-6-15(25-29-11-10-24-3)12-19(21)23(28,14-26)13-16-17-4-5-20(27)22(17,2)9-7-18(16)21/h16-19,24,26,28H,4-14H2,1-3H3/t16-,17-,18-,19?,21+,22-,23-/m0/s1. The molecule has 0 radical (unpaired) electrons. The van der Waals surface area contributed by atoms with Crippen LogP contribution in [0.2, 0.25) is 0 Å². The summed E-state index contributed by atoms with van der Waals surface area (Å²) in [5.74, 6) is 1.59. The van der Waals surface area contributed by atoms with Gasteiger partial charge >= 0.3 is 0 Å². The van der Waals surface area contributed by atoms with E-state index in [1.807, 2.05) is 7.05 Å². The number of aliphatic hydroxyl groups excluding tert-OH is 1. The van der Waals surface area contributed by atoms with Crippen LogP contribution in [0.15, 0.2) is 5.16 Å². The van der Waals surface area contributed by atoms with Gasteiger partial charge in [-0.15, -0.1) is 0 Å². The predicted octanol–water partition coefficient (Wildman–Crippen LogP) is 2.52. The van der Waals surface area contributed by atoms with Gasteiger partial charge in [0.25, 0.3) is 0 Å². The number of nitrogens with one attached hydrogen (secondary N) is 1. The van der Waals surface area contributed by atoms with Crippen LogP contribution in [0.3, 0.4) is 0 Å². The number of hydrogen-bond donors (Lipinski definition) is 3. The largest absolute Gasteiger partial charge is 0.394 e. The Balaban J connectivity index is 1.60. The molecule has 1 unspecified atom stereocenters. The van der Waals surface area contributed by atoms with Crippen molar-refractivity contribution in [2.24, 2.45) is 39.7 Å². The Morgan fingerprint density at radius 1 is 1.21 bits per heavy atom. The highest BCUT2D eigenvalue weighted by molar-refractivity contribution is 5.87. The summed E-state index contributed by atoms with van der Waals surface area (Å²) in [6, 6.07) is 0. The van der Waals surface area contributed by atoms with Crippen LogP contribution in [-0.4, -0.2) is 54.1 Å². The Bertz CT molecular complexity index is 682. The average molecular weight is 407 g/mol. The number of ketones is 1. The van der Waals surface area contributed by atoms with Crippen molar-refractivity contribution in [1.82, 2.24) is 5.32 Å². The van der Waals surface area contributed by atoms with E-state index < -0.39 is 5.60 Å². The summed E-state index contributed by atoms with van der Waals surface area (Å²) in [6.07, 6.45) is 6.82. The molecule has 4 aliphatic carbocycles. The number of nitrogens with zero attached hydrogens (tertiary/aromatic N) is 1. The van der Waals surface area contributed by atoms with Crippen LogP contribution < -0.4 is 5.32 Å². The Kier molecular flexibility index (Phi) is 5.58. The monoisotopic (exact) mass is 406 g/mol. The zero-order valence-electron chi connectivity index (χ0n) is 18.2. The van der Waals surface area contributed by atoms with Gasteiger partial charge < -0.3 is 20.4 Å². The minimum atomic E-state index is -1.11. The van der Waals surface area contributed by atoms with E-state index in [9.17, 15) is 15.0 Å². The number of fused-ring (bicyclic) bond motifs is 5. The van der Waals surface area contributed by atoms with Crippen molar-refractivity contribution < 1.29 is 19.8 Å². The molecule has 4 aliphatic rings. The molecule has 7 atom stereocenters. The van der Waals surface area contributed by atoms with Crippen molar-refractivity contribution in [3.8, 4) is 0 Å². The highest BCUT2D eigenvalue weighted by Gasteiger charge is 2.65. The lowest BCUT2D eigenvalue weighted by Gasteiger charge is -2.63. The summed E-state index contributed by atoms with van der Waals surface area (Å²) in [4.78, 5) is 18.1. The number of rotatable bonds is 5. The molecule has 6 nitrogen and oxygen atoms in total. The lowest BCUT2D eigenvalue weighted by Crippen LogP contribution is -2.64. The van der Waals surface area contributed by atoms with Crippen LogP contribution in [0.1, 0.15) is 65.2 Å². The molecule has 4 saturated carbocycles. The maximum absolute atomic E-state index is 12.6. The molecular formula is C23H38N2O4. The smallest absolute Gasteiger partial charge is 0.139 e. The molecule has 0 bridgehead atoms. The average Bonchev–Trinajstić information content (AvgIpc) is 3.01. The van der Waals surface area contributed by atoms with Crippen LogP contribution in [-0.2, 0) is 9.63 Å². The summed E-state index contributed by atoms with van der Waals surface area (Å²) in [5, 5.41) is 29.3. The van der Waals surface area contributed by atoms with Gasteiger partial charge in [-0.1, -0.05) is 19.0 Å². The normalized spacial score (nSPS) is 48.2. The zero-order valence-corrected chi connectivity index (χ0v) is 18.2. The highest BCUT2D eigenvalue weighted by Crippen LogP contribution is 2.67. The third-order valence-electron chi connectivity index (χ3n) is 9.33. The number of likely N-dealkylation sites (N-methyl/N-ethyl adjacent to an activating group) is 1. The van der Waals surface area contributed by atoms with Gasteiger partial charge in [0.2, 0.25) is 0 Å². The third-order valence-corrected chi connectivity index (χ3v) is 9.33. The quantitative estimate of drug-likeness (QED) is 0.482. The van der Waals surface area contributed by atoms with E-state index >= 15 is 0 Å². The van der Waals surface area contributed by atoms with E-state index in [0.717, 1.165) is 44.4 Å². The molecule has 0 aliphatic heterocycles. The molecule has 3 N–H and O–H groups in total. The molecule has 0 heterocycles. The molecule has 0 aromatic heterocycles. The van der Waals surface area contributed by atoms with E-state index in [1.165, 1.54) is 0 Å². The molecule has 0 aromatic carbocycles. The number of carbonyl (C=O) groups is 1. The fourth-order valence-corrected chi connectivity index (χ4v) is 7.66. The summed E-state index contributed by atoms with van der Waals surface area (Å²) >= 11 is 0. The molecule has 0 aromatic rings. The second-order valence-electron chi connectivity index (χ2n) is 10.6. The molecule has 164 valence electrons. The minimum absolute atomic E-state index is 0.0110. The van der Waals surface area contributed by atoms with Gasteiger partial charge in [-0.3, -0.25) is 4.79 Å². The fourth-order valence-electron chi connectivity index (χ4n) is 7.66. The Morgan fingerprint density at radius 3 is 2.72 bits per heavy atom. The van der Waals surface area contributed by atoms with Crippen molar-refractivity contribution in [2.45, 2.75) is 70.8 Å². The van der Waals surface area contributed by atoms with Gasteiger partial charge in [0.05, 0.1) is 17.9 Å². The molecule has 29 heavy (non-hydrogen) atoms. The van der Waals surface area contributed by atoms with Crippen LogP contribution in [0.5, 0.6) is 0 Å². The fraction of sp³-hybridized carbons (Fsp3) is 0.913. The first-order valence-corrected chi connectivity index (χ1v) is 11.5. The summed E-state index contributed by atoms with van der Waals surface area (Å²) in [7, 11) is 1.88. The predicted molar refractivity (Wildman–Crippen MR) is 111 cm³/mol.